The zero-order chi connectivity index (χ0) is 11.6. The number of halogens is 1. The van der Waals surface area contributed by atoms with Gasteiger partial charge in [0.1, 0.15) is 0 Å². The van der Waals surface area contributed by atoms with Crippen molar-refractivity contribution in [3.63, 3.8) is 0 Å². The van der Waals surface area contributed by atoms with Gasteiger partial charge in [-0.3, -0.25) is 0 Å². The van der Waals surface area contributed by atoms with Gasteiger partial charge in [-0.15, -0.1) is 0 Å². The molecule has 0 heterocycles. The van der Waals surface area contributed by atoms with Gasteiger partial charge in [-0.2, -0.15) is 0 Å². The summed E-state index contributed by atoms with van der Waals surface area (Å²) >= 11 is 6.08. The smallest absolute Gasteiger partial charge is 0.0723 e. The summed E-state index contributed by atoms with van der Waals surface area (Å²) in [6.45, 7) is 5.86. The number of hydrogen-bond acceptors (Lipinski definition) is 2. The largest absolute Gasteiger partial charge is 0.249 e. The number of hydrogen-bond donors (Lipinski definition) is 1. The standard InChI is InChI=1S/C11H16ClNOS/c1-4-15(13,14)9-5-6-10(8(2)3)11(12)7-9/h5-8,13H,4H2,1-3H3. The minimum Gasteiger partial charge on any atom is -0.249 e. The number of nitrogens with one attached hydrogen (secondary N) is 1. The van der Waals surface area contributed by atoms with Crippen molar-refractivity contribution in [1.82, 2.24) is 0 Å². The van der Waals surface area contributed by atoms with Crippen LogP contribution in [0.5, 0.6) is 0 Å². The van der Waals surface area contributed by atoms with Crippen molar-refractivity contribution in [2.75, 3.05) is 5.75 Å². The highest BCUT2D eigenvalue weighted by Gasteiger charge is 2.11. The summed E-state index contributed by atoms with van der Waals surface area (Å²) in [5, 5.41) is 0.607. The van der Waals surface area contributed by atoms with Crippen molar-refractivity contribution in [1.29, 1.82) is 4.78 Å². The molecule has 1 rings (SSSR count). The third-order valence-electron chi connectivity index (χ3n) is 2.38. The van der Waals surface area contributed by atoms with Gasteiger partial charge in [0.25, 0.3) is 0 Å². The molecule has 0 aliphatic carbocycles. The van der Waals surface area contributed by atoms with Crippen LogP contribution < -0.4 is 0 Å². The molecule has 84 valence electrons. The quantitative estimate of drug-likeness (QED) is 0.863. The van der Waals surface area contributed by atoms with E-state index in [2.05, 4.69) is 13.8 Å². The fourth-order valence-electron chi connectivity index (χ4n) is 1.35. The molecule has 1 aromatic carbocycles. The average Bonchev–Trinajstić information content (AvgIpc) is 2.17. The lowest BCUT2D eigenvalue weighted by atomic mass is 10.0. The molecular weight excluding hydrogens is 230 g/mol. The van der Waals surface area contributed by atoms with Gasteiger partial charge in [0.15, 0.2) is 0 Å². The molecule has 4 heteroatoms. The van der Waals surface area contributed by atoms with Crippen LogP contribution in [0.25, 0.3) is 0 Å². The first kappa shape index (κ1) is 12.5. The Labute approximate surface area is 96.6 Å². The van der Waals surface area contributed by atoms with Crippen LogP contribution >= 0.6 is 11.6 Å². The molecule has 1 aromatic rings. The van der Waals surface area contributed by atoms with E-state index in [0.717, 1.165) is 5.56 Å². The first-order valence-electron chi connectivity index (χ1n) is 4.94. The molecule has 15 heavy (non-hydrogen) atoms. The number of rotatable bonds is 3. The summed E-state index contributed by atoms with van der Waals surface area (Å²) in [5.74, 6) is 0.666. The van der Waals surface area contributed by atoms with E-state index in [1.54, 1.807) is 19.1 Å². The molecule has 2 nitrogen and oxygen atoms in total. The summed E-state index contributed by atoms with van der Waals surface area (Å²) in [7, 11) is -2.65. The zero-order valence-electron chi connectivity index (χ0n) is 9.21. The second-order valence-corrected chi connectivity index (χ2v) is 6.61. The van der Waals surface area contributed by atoms with Gasteiger partial charge < -0.3 is 0 Å². The SMILES string of the molecule is CCS(=N)(=O)c1ccc(C(C)C)c(Cl)c1. The van der Waals surface area contributed by atoms with Crippen molar-refractivity contribution in [2.24, 2.45) is 0 Å². The first-order chi connectivity index (χ1) is 6.88. The Kier molecular flexibility index (Phi) is 3.79. The zero-order valence-corrected chi connectivity index (χ0v) is 10.8. The van der Waals surface area contributed by atoms with E-state index in [1.165, 1.54) is 0 Å². The Morgan fingerprint density at radius 1 is 1.47 bits per heavy atom. The Morgan fingerprint density at radius 3 is 2.47 bits per heavy atom. The summed E-state index contributed by atoms with van der Waals surface area (Å²) < 4.78 is 19.5. The summed E-state index contributed by atoms with van der Waals surface area (Å²) in [4.78, 5) is 0.527. The van der Waals surface area contributed by atoms with Crippen LogP contribution in [0.15, 0.2) is 23.1 Å². The highest BCUT2D eigenvalue weighted by molar-refractivity contribution is 7.92. The highest BCUT2D eigenvalue weighted by Crippen LogP contribution is 2.27. The van der Waals surface area contributed by atoms with Gasteiger partial charge in [-0.25, -0.2) is 8.99 Å². The fourth-order valence-corrected chi connectivity index (χ4v) is 2.74. The van der Waals surface area contributed by atoms with E-state index in [0.29, 0.717) is 21.6 Å². The van der Waals surface area contributed by atoms with Crippen LogP contribution in [0.4, 0.5) is 0 Å². The number of benzene rings is 1. The third-order valence-corrected chi connectivity index (χ3v) is 4.54. The molecule has 0 saturated carbocycles. The maximum absolute atomic E-state index is 11.8. The lowest BCUT2D eigenvalue weighted by molar-refractivity contribution is 0.675. The maximum Gasteiger partial charge on any atom is 0.0723 e. The Morgan fingerprint density at radius 2 is 2.07 bits per heavy atom. The van der Waals surface area contributed by atoms with Gasteiger partial charge in [0, 0.05) is 15.7 Å². The van der Waals surface area contributed by atoms with Crippen molar-refractivity contribution >= 4 is 21.3 Å². The van der Waals surface area contributed by atoms with E-state index in [-0.39, 0.29) is 0 Å². The van der Waals surface area contributed by atoms with Crippen LogP contribution in [0.3, 0.4) is 0 Å². The summed E-state index contributed by atoms with van der Waals surface area (Å²) in [5.41, 5.74) is 1.03. The molecule has 1 unspecified atom stereocenters. The van der Waals surface area contributed by atoms with E-state index in [4.69, 9.17) is 16.4 Å². The lowest BCUT2D eigenvalue weighted by Gasteiger charge is -2.11. The highest BCUT2D eigenvalue weighted by atomic mass is 35.5. The molecule has 0 amide bonds. The molecule has 0 aromatic heterocycles. The van der Waals surface area contributed by atoms with Crippen LogP contribution in [-0.4, -0.2) is 9.96 Å². The molecule has 0 bridgehead atoms. The monoisotopic (exact) mass is 245 g/mol. The predicted molar refractivity (Wildman–Crippen MR) is 65.2 cm³/mol. The van der Waals surface area contributed by atoms with Crippen LogP contribution in [0, 0.1) is 4.78 Å². The van der Waals surface area contributed by atoms with Crippen molar-refractivity contribution < 1.29 is 4.21 Å². The van der Waals surface area contributed by atoms with Crippen LogP contribution in [0.1, 0.15) is 32.3 Å². The minimum absolute atomic E-state index is 0.324. The molecule has 0 spiro atoms. The third kappa shape index (κ3) is 2.73. The first-order valence-corrected chi connectivity index (χ1v) is 7.05. The van der Waals surface area contributed by atoms with Gasteiger partial charge in [-0.1, -0.05) is 38.4 Å². The summed E-state index contributed by atoms with van der Waals surface area (Å²) in [6, 6.07) is 5.28. The Balaban J connectivity index is 3.24. The van der Waals surface area contributed by atoms with Gasteiger partial charge in [-0.05, 0) is 23.6 Å². The van der Waals surface area contributed by atoms with Crippen LogP contribution in [0.2, 0.25) is 5.02 Å². The maximum atomic E-state index is 11.8. The van der Waals surface area contributed by atoms with Gasteiger partial charge >= 0.3 is 0 Å². The van der Waals surface area contributed by atoms with E-state index >= 15 is 0 Å². The normalized spacial score (nSPS) is 15.3. The Hall–Kier alpha value is -0.540. The molecule has 1 atom stereocenters. The van der Waals surface area contributed by atoms with E-state index in [1.807, 2.05) is 6.07 Å². The molecule has 1 N–H and O–H groups in total. The molecular formula is C11H16ClNOS. The second kappa shape index (κ2) is 4.54. The van der Waals surface area contributed by atoms with Crippen LogP contribution in [-0.2, 0) is 9.73 Å². The minimum atomic E-state index is -2.65. The van der Waals surface area contributed by atoms with Crippen molar-refractivity contribution in [3.8, 4) is 0 Å². The molecule has 0 aliphatic heterocycles. The van der Waals surface area contributed by atoms with E-state index in [9.17, 15) is 4.21 Å². The topological polar surface area (TPSA) is 40.9 Å². The predicted octanol–water partition coefficient (Wildman–Crippen LogP) is 3.89. The molecule has 0 saturated heterocycles. The Bertz CT molecular complexity index is 452. The van der Waals surface area contributed by atoms with Gasteiger partial charge in [0.05, 0.1) is 9.73 Å². The second-order valence-electron chi connectivity index (χ2n) is 3.80. The van der Waals surface area contributed by atoms with Crippen molar-refractivity contribution in [3.05, 3.63) is 28.8 Å². The fraction of sp³-hybridized carbons (Fsp3) is 0.455. The van der Waals surface area contributed by atoms with Gasteiger partial charge in [0.2, 0.25) is 0 Å². The average molecular weight is 246 g/mol. The lowest BCUT2D eigenvalue weighted by Crippen LogP contribution is -2.02. The molecule has 0 aliphatic rings. The van der Waals surface area contributed by atoms with Crippen molar-refractivity contribution in [2.45, 2.75) is 31.6 Å². The molecule has 0 fully saturated rings. The summed E-state index contributed by atoms with van der Waals surface area (Å²) in [6.07, 6.45) is 0. The molecule has 0 radical (unpaired) electrons. The van der Waals surface area contributed by atoms with E-state index < -0.39 is 9.73 Å².